The van der Waals surface area contributed by atoms with E-state index in [9.17, 15) is 0 Å². The lowest BCUT2D eigenvalue weighted by atomic mass is 9.90. The highest BCUT2D eigenvalue weighted by molar-refractivity contribution is 6.30. The van der Waals surface area contributed by atoms with E-state index < -0.39 is 0 Å². The van der Waals surface area contributed by atoms with Gasteiger partial charge in [0.15, 0.2) is 0 Å². The molecule has 2 aromatic carbocycles. The zero-order valence-corrected chi connectivity index (χ0v) is 16.4. The molecule has 1 unspecified atom stereocenters. The summed E-state index contributed by atoms with van der Waals surface area (Å²) in [6.45, 7) is 6.90. The molecule has 1 nitrogen and oxygen atoms in total. The van der Waals surface area contributed by atoms with Gasteiger partial charge in [-0.3, -0.25) is 0 Å². The maximum Gasteiger partial charge on any atom is 0.0426 e. The Labute approximate surface area is 152 Å². The molecule has 0 aliphatic heterocycles. The third-order valence-electron chi connectivity index (χ3n) is 4.32. The SMILES string of the molecule is CC(C)Cc1cccc(CC(C)Cc2cccc(Cl)c2)c1N(C)C. The Morgan fingerprint density at radius 2 is 1.50 bits per heavy atom. The molecular formula is C22H30ClN. The van der Waals surface area contributed by atoms with Crippen molar-refractivity contribution in [2.45, 2.75) is 40.0 Å². The molecule has 0 bridgehead atoms. The molecule has 24 heavy (non-hydrogen) atoms. The number of hydrogen-bond acceptors (Lipinski definition) is 1. The fourth-order valence-corrected chi connectivity index (χ4v) is 3.71. The highest BCUT2D eigenvalue weighted by Gasteiger charge is 2.14. The van der Waals surface area contributed by atoms with Crippen LogP contribution in [-0.4, -0.2) is 14.1 Å². The second kappa shape index (κ2) is 8.58. The molecule has 0 heterocycles. The first kappa shape index (κ1) is 18.9. The first-order chi connectivity index (χ1) is 11.4. The normalized spacial score (nSPS) is 12.5. The lowest BCUT2D eigenvalue weighted by Crippen LogP contribution is -2.16. The molecule has 2 heteroatoms. The van der Waals surface area contributed by atoms with Crippen LogP contribution < -0.4 is 4.90 Å². The van der Waals surface area contributed by atoms with Gasteiger partial charge in [-0.1, -0.05) is 62.7 Å². The summed E-state index contributed by atoms with van der Waals surface area (Å²) >= 11 is 6.12. The summed E-state index contributed by atoms with van der Waals surface area (Å²) in [6, 6.07) is 15.0. The molecule has 0 saturated carbocycles. The topological polar surface area (TPSA) is 3.24 Å². The van der Waals surface area contributed by atoms with Crippen molar-refractivity contribution in [3.8, 4) is 0 Å². The highest BCUT2D eigenvalue weighted by atomic mass is 35.5. The van der Waals surface area contributed by atoms with Crippen molar-refractivity contribution in [2.75, 3.05) is 19.0 Å². The van der Waals surface area contributed by atoms with Gasteiger partial charge in [0, 0.05) is 24.8 Å². The Morgan fingerprint density at radius 3 is 2.08 bits per heavy atom. The molecule has 130 valence electrons. The summed E-state index contributed by atoms with van der Waals surface area (Å²) in [7, 11) is 4.31. The third-order valence-corrected chi connectivity index (χ3v) is 4.56. The number of anilines is 1. The molecule has 0 amide bonds. The van der Waals surface area contributed by atoms with E-state index in [4.69, 9.17) is 11.6 Å². The van der Waals surface area contributed by atoms with E-state index in [1.807, 2.05) is 12.1 Å². The molecule has 2 rings (SSSR count). The fraction of sp³-hybridized carbons (Fsp3) is 0.455. The van der Waals surface area contributed by atoms with E-state index in [1.165, 1.54) is 22.4 Å². The Bertz CT molecular complexity index is 661. The molecule has 0 saturated heterocycles. The van der Waals surface area contributed by atoms with Crippen molar-refractivity contribution in [3.05, 3.63) is 64.2 Å². The van der Waals surface area contributed by atoms with Gasteiger partial charge in [-0.2, -0.15) is 0 Å². The fourth-order valence-electron chi connectivity index (χ4n) is 3.50. The van der Waals surface area contributed by atoms with Crippen LogP contribution in [0.5, 0.6) is 0 Å². The summed E-state index contributed by atoms with van der Waals surface area (Å²) < 4.78 is 0. The van der Waals surface area contributed by atoms with Gasteiger partial charge in [0.2, 0.25) is 0 Å². The van der Waals surface area contributed by atoms with Crippen LogP contribution in [0.2, 0.25) is 5.02 Å². The zero-order chi connectivity index (χ0) is 17.7. The van der Waals surface area contributed by atoms with E-state index in [1.54, 1.807) is 0 Å². The van der Waals surface area contributed by atoms with Crippen LogP contribution in [0.4, 0.5) is 5.69 Å². The maximum atomic E-state index is 6.12. The molecule has 1 atom stereocenters. The molecule has 0 N–H and O–H groups in total. The van der Waals surface area contributed by atoms with Crippen LogP contribution in [0.1, 0.15) is 37.5 Å². The second-order valence-electron chi connectivity index (χ2n) is 7.56. The monoisotopic (exact) mass is 343 g/mol. The minimum Gasteiger partial charge on any atom is -0.377 e. The molecular weight excluding hydrogens is 314 g/mol. The van der Waals surface area contributed by atoms with Gasteiger partial charge in [0.05, 0.1) is 0 Å². The zero-order valence-electron chi connectivity index (χ0n) is 15.6. The van der Waals surface area contributed by atoms with E-state index in [0.717, 1.165) is 24.3 Å². The van der Waals surface area contributed by atoms with E-state index in [-0.39, 0.29) is 0 Å². The average molecular weight is 344 g/mol. The Balaban J connectivity index is 2.18. The Kier molecular flexibility index (Phi) is 6.74. The predicted octanol–water partition coefficient (Wildman–Crippen LogP) is 6.03. The predicted molar refractivity (Wildman–Crippen MR) is 107 cm³/mol. The van der Waals surface area contributed by atoms with Gasteiger partial charge in [0.1, 0.15) is 0 Å². The van der Waals surface area contributed by atoms with Gasteiger partial charge < -0.3 is 4.90 Å². The van der Waals surface area contributed by atoms with Gasteiger partial charge >= 0.3 is 0 Å². The number of nitrogens with zero attached hydrogens (tertiary/aromatic N) is 1. The second-order valence-corrected chi connectivity index (χ2v) is 8.00. The van der Waals surface area contributed by atoms with Crippen molar-refractivity contribution in [3.63, 3.8) is 0 Å². The lowest BCUT2D eigenvalue weighted by Gasteiger charge is -2.24. The van der Waals surface area contributed by atoms with Gasteiger partial charge in [-0.05, 0) is 59.9 Å². The van der Waals surface area contributed by atoms with Crippen molar-refractivity contribution in [1.29, 1.82) is 0 Å². The summed E-state index contributed by atoms with van der Waals surface area (Å²) in [4.78, 5) is 2.28. The van der Waals surface area contributed by atoms with Crippen molar-refractivity contribution >= 4 is 17.3 Å². The average Bonchev–Trinajstić information content (AvgIpc) is 2.46. The van der Waals surface area contributed by atoms with Crippen molar-refractivity contribution < 1.29 is 0 Å². The Morgan fingerprint density at radius 1 is 0.875 bits per heavy atom. The van der Waals surface area contributed by atoms with Crippen LogP contribution in [0.15, 0.2) is 42.5 Å². The van der Waals surface area contributed by atoms with Crippen molar-refractivity contribution in [1.82, 2.24) is 0 Å². The van der Waals surface area contributed by atoms with E-state index >= 15 is 0 Å². The maximum absolute atomic E-state index is 6.12. The summed E-state index contributed by atoms with van der Waals surface area (Å²) in [6.07, 6.45) is 3.28. The van der Waals surface area contributed by atoms with E-state index in [2.05, 4.69) is 70.1 Å². The summed E-state index contributed by atoms with van der Waals surface area (Å²) in [5.41, 5.74) is 5.64. The smallest absolute Gasteiger partial charge is 0.0426 e. The Hall–Kier alpha value is -1.47. The number of benzene rings is 2. The van der Waals surface area contributed by atoms with Gasteiger partial charge in [-0.25, -0.2) is 0 Å². The minimum atomic E-state index is 0.580. The highest BCUT2D eigenvalue weighted by Crippen LogP contribution is 2.29. The molecule has 0 aliphatic rings. The van der Waals surface area contributed by atoms with Gasteiger partial charge in [0.25, 0.3) is 0 Å². The van der Waals surface area contributed by atoms with E-state index in [0.29, 0.717) is 11.8 Å². The summed E-state index contributed by atoms with van der Waals surface area (Å²) in [5.74, 6) is 1.25. The van der Waals surface area contributed by atoms with Crippen LogP contribution in [-0.2, 0) is 19.3 Å². The largest absolute Gasteiger partial charge is 0.377 e. The number of rotatable bonds is 7. The molecule has 0 aliphatic carbocycles. The first-order valence-electron chi connectivity index (χ1n) is 8.89. The van der Waals surface area contributed by atoms with Crippen molar-refractivity contribution in [2.24, 2.45) is 11.8 Å². The first-order valence-corrected chi connectivity index (χ1v) is 9.27. The molecule has 0 fully saturated rings. The lowest BCUT2D eigenvalue weighted by molar-refractivity contribution is 0.576. The van der Waals surface area contributed by atoms with Crippen LogP contribution in [0.3, 0.4) is 0 Å². The standard InChI is InChI=1S/C22H30ClN/c1-16(2)12-19-9-7-10-20(22(19)24(4)5)14-17(3)13-18-8-6-11-21(23)15-18/h6-11,15-17H,12-14H2,1-5H3. The number of para-hydroxylation sites is 1. The minimum absolute atomic E-state index is 0.580. The number of hydrogen-bond donors (Lipinski definition) is 0. The molecule has 0 radical (unpaired) electrons. The van der Waals surface area contributed by atoms with Crippen LogP contribution in [0.25, 0.3) is 0 Å². The molecule has 0 aromatic heterocycles. The molecule has 0 spiro atoms. The van der Waals surface area contributed by atoms with Gasteiger partial charge in [-0.15, -0.1) is 0 Å². The van der Waals surface area contributed by atoms with Crippen LogP contribution >= 0.6 is 11.6 Å². The molecule has 2 aromatic rings. The number of halogens is 1. The quantitative estimate of drug-likeness (QED) is 0.593. The van der Waals surface area contributed by atoms with Crippen LogP contribution in [0, 0.1) is 11.8 Å². The summed E-state index contributed by atoms with van der Waals surface area (Å²) in [5, 5.41) is 0.826. The third kappa shape index (κ3) is 5.27.